The quantitative estimate of drug-likeness (QED) is 0.401. The fourth-order valence-electron chi connectivity index (χ4n) is 1.53. The van der Waals surface area contributed by atoms with Crippen molar-refractivity contribution in [1.82, 2.24) is 4.98 Å². The van der Waals surface area contributed by atoms with Crippen LogP contribution in [0.2, 0.25) is 10.0 Å². The standard InChI is InChI=1S/C12H11Cl2IN4/c1-6-9(15)3-2-4-10(6)17-11-7(13)5-8(14)12(18-11)19-16/h2-5H,16H2,1H3,(H2,17,18,19). The molecule has 0 amide bonds. The Morgan fingerprint density at radius 1 is 1.21 bits per heavy atom. The molecule has 2 rings (SSSR count). The number of nitrogens with one attached hydrogen (secondary N) is 2. The summed E-state index contributed by atoms with van der Waals surface area (Å²) in [5, 5.41) is 3.99. The molecule has 1 aromatic heterocycles. The zero-order valence-corrected chi connectivity index (χ0v) is 13.6. The predicted octanol–water partition coefficient (Wildman–Crippen LogP) is 4.33. The Balaban J connectivity index is 2.41. The van der Waals surface area contributed by atoms with Crippen LogP contribution in [0.15, 0.2) is 24.3 Å². The third-order valence-electron chi connectivity index (χ3n) is 2.59. The van der Waals surface area contributed by atoms with Crippen LogP contribution in [0.1, 0.15) is 5.56 Å². The highest BCUT2D eigenvalue weighted by Crippen LogP contribution is 2.32. The molecule has 0 unspecified atom stereocenters. The number of nitrogen functional groups attached to an aromatic ring is 1. The highest BCUT2D eigenvalue weighted by atomic mass is 127. The van der Waals surface area contributed by atoms with E-state index in [1.54, 1.807) is 6.07 Å². The normalized spacial score (nSPS) is 10.4. The summed E-state index contributed by atoms with van der Waals surface area (Å²) in [6, 6.07) is 7.55. The first-order chi connectivity index (χ1) is 9.02. The van der Waals surface area contributed by atoms with Gasteiger partial charge in [-0.1, -0.05) is 29.3 Å². The highest BCUT2D eigenvalue weighted by molar-refractivity contribution is 14.1. The molecule has 0 saturated heterocycles. The van der Waals surface area contributed by atoms with Crippen LogP contribution in [-0.2, 0) is 0 Å². The number of anilines is 3. The zero-order chi connectivity index (χ0) is 14.0. The van der Waals surface area contributed by atoms with Crippen LogP contribution in [0, 0.1) is 10.5 Å². The molecule has 4 nitrogen and oxygen atoms in total. The second-order valence-corrected chi connectivity index (χ2v) is 5.81. The van der Waals surface area contributed by atoms with E-state index < -0.39 is 0 Å². The molecule has 0 aliphatic rings. The lowest BCUT2D eigenvalue weighted by molar-refractivity contribution is 1.22. The molecule has 0 aliphatic carbocycles. The number of nitrogens with two attached hydrogens (primary N) is 1. The maximum Gasteiger partial charge on any atom is 0.161 e. The molecule has 1 heterocycles. The third-order valence-corrected chi connectivity index (χ3v) is 4.33. The average molecular weight is 409 g/mol. The van der Waals surface area contributed by atoms with Gasteiger partial charge in [-0.3, -0.25) is 0 Å². The fourth-order valence-corrected chi connectivity index (χ4v) is 2.48. The van der Waals surface area contributed by atoms with Crippen LogP contribution in [0.5, 0.6) is 0 Å². The first-order valence-electron chi connectivity index (χ1n) is 5.37. The van der Waals surface area contributed by atoms with E-state index in [0.717, 1.165) is 14.8 Å². The Kier molecular flexibility index (Phi) is 4.72. The van der Waals surface area contributed by atoms with E-state index >= 15 is 0 Å². The Bertz CT molecular complexity index is 619. The molecule has 0 radical (unpaired) electrons. The van der Waals surface area contributed by atoms with E-state index in [-0.39, 0.29) is 0 Å². The van der Waals surface area contributed by atoms with Gasteiger partial charge in [0, 0.05) is 9.26 Å². The van der Waals surface area contributed by atoms with Gasteiger partial charge < -0.3 is 10.7 Å². The maximum absolute atomic E-state index is 6.12. The summed E-state index contributed by atoms with van der Waals surface area (Å²) in [5.74, 6) is 6.22. The van der Waals surface area contributed by atoms with Gasteiger partial charge in [0.25, 0.3) is 0 Å². The Labute approximate surface area is 134 Å². The van der Waals surface area contributed by atoms with E-state index in [2.05, 4.69) is 38.3 Å². The van der Waals surface area contributed by atoms with Gasteiger partial charge >= 0.3 is 0 Å². The van der Waals surface area contributed by atoms with Crippen molar-refractivity contribution in [3.05, 3.63) is 43.4 Å². The molecule has 0 saturated carbocycles. The smallest absolute Gasteiger partial charge is 0.161 e. The molecular formula is C12H11Cl2IN4. The molecule has 0 aliphatic heterocycles. The van der Waals surface area contributed by atoms with Gasteiger partial charge in [-0.25, -0.2) is 10.8 Å². The Hall–Kier alpha value is -0.760. The second-order valence-electron chi connectivity index (χ2n) is 3.83. The molecule has 100 valence electrons. The van der Waals surface area contributed by atoms with Crippen LogP contribution in [-0.4, -0.2) is 4.98 Å². The number of nitrogens with zero attached hydrogens (tertiary/aromatic N) is 1. The molecule has 0 atom stereocenters. The number of hydrogen-bond acceptors (Lipinski definition) is 4. The lowest BCUT2D eigenvalue weighted by atomic mass is 10.2. The molecule has 2 aromatic rings. The van der Waals surface area contributed by atoms with Crippen LogP contribution >= 0.6 is 45.8 Å². The highest BCUT2D eigenvalue weighted by Gasteiger charge is 2.10. The van der Waals surface area contributed by atoms with Gasteiger partial charge in [0.1, 0.15) is 0 Å². The lowest BCUT2D eigenvalue weighted by Crippen LogP contribution is -2.10. The zero-order valence-electron chi connectivity index (χ0n) is 9.97. The summed E-state index contributed by atoms with van der Waals surface area (Å²) in [6.07, 6.45) is 0. The molecule has 7 heteroatoms. The van der Waals surface area contributed by atoms with Crippen molar-refractivity contribution in [1.29, 1.82) is 0 Å². The topological polar surface area (TPSA) is 63.0 Å². The average Bonchev–Trinajstić information content (AvgIpc) is 2.38. The number of benzene rings is 1. The minimum atomic E-state index is 0.372. The fraction of sp³-hybridized carbons (Fsp3) is 0.0833. The van der Waals surface area contributed by atoms with Gasteiger partial charge in [-0.05, 0) is 53.3 Å². The van der Waals surface area contributed by atoms with E-state index in [1.807, 2.05) is 25.1 Å². The van der Waals surface area contributed by atoms with Gasteiger partial charge in [-0.2, -0.15) is 0 Å². The van der Waals surface area contributed by atoms with Crippen LogP contribution in [0.4, 0.5) is 17.3 Å². The summed E-state index contributed by atoms with van der Waals surface area (Å²) < 4.78 is 1.16. The van der Waals surface area contributed by atoms with Gasteiger partial charge in [0.2, 0.25) is 0 Å². The summed E-state index contributed by atoms with van der Waals surface area (Å²) in [5.41, 5.74) is 4.49. The maximum atomic E-state index is 6.12. The summed E-state index contributed by atoms with van der Waals surface area (Å²) in [6.45, 7) is 2.02. The van der Waals surface area contributed by atoms with E-state index in [0.29, 0.717) is 21.7 Å². The number of aromatic nitrogens is 1. The largest absolute Gasteiger partial charge is 0.339 e. The third kappa shape index (κ3) is 3.22. The first kappa shape index (κ1) is 14.6. The second kappa shape index (κ2) is 6.13. The molecule has 1 aromatic carbocycles. The molecule has 19 heavy (non-hydrogen) atoms. The number of halogens is 3. The van der Waals surface area contributed by atoms with E-state index in [4.69, 9.17) is 29.0 Å². The number of rotatable bonds is 3. The number of pyridine rings is 1. The predicted molar refractivity (Wildman–Crippen MR) is 89.2 cm³/mol. The van der Waals surface area contributed by atoms with Crippen molar-refractivity contribution in [3.8, 4) is 0 Å². The van der Waals surface area contributed by atoms with Crippen molar-refractivity contribution >= 4 is 63.1 Å². The van der Waals surface area contributed by atoms with Crippen molar-refractivity contribution < 1.29 is 0 Å². The number of hydrazine groups is 1. The molecule has 0 bridgehead atoms. The molecular weight excluding hydrogens is 398 g/mol. The summed E-state index contributed by atoms with van der Waals surface area (Å²) in [4.78, 5) is 4.24. The van der Waals surface area contributed by atoms with Gasteiger partial charge in [0.05, 0.1) is 10.0 Å². The van der Waals surface area contributed by atoms with Crippen molar-refractivity contribution in [2.75, 3.05) is 10.7 Å². The van der Waals surface area contributed by atoms with Crippen molar-refractivity contribution in [3.63, 3.8) is 0 Å². The minimum absolute atomic E-state index is 0.372. The van der Waals surface area contributed by atoms with Gasteiger partial charge in [0.15, 0.2) is 11.6 Å². The first-order valence-corrected chi connectivity index (χ1v) is 7.21. The minimum Gasteiger partial charge on any atom is -0.339 e. The molecule has 4 N–H and O–H groups in total. The van der Waals surface area contributed by atoms with Crippen molar-refractivity contribution in [2.24, 2.45) is 5.84 Å². The van der Waals surface area contributed by atoms with E-state index in [1.165, 1.54) is 0 Å². The Morgan fingerprint density at radius 2 is 1.89 bits per heavy atom. The number of hydrogen-bond donors (Lipinski definition) is 3. The van der Waals surface area contributed by atoms with Crippen LogP contribution < -0.4 is 16.6 Å². The Morgan fingerprint density at radius 3 is 2.58 bits per heavy atom. The molecule has 0 spiro atoms. The van der Waals surface area contributed by atoms with Crippen LogP contribution in [0.3, 0.4) is 0 Å². The summed E-state index contributed by atoms with van der Waals surface area (Å²) >= 11 is 14.3. The van der Waals surface area contributed by atoms with Crippen LogP contribution in [0.25, 0.3) is 0 Å². The van der Waals surface area contributed by atoms with E-state index in [9.17, 15) is 0 Å². The SMILES string of the molecule is Cc1c(I)cccc1Nc1nc(NN)c(Cl)cc1Cl. The van der Waals surface area contributed by atoms with Gasteiger partial charge in [-0.15, -0.1) is 0 Å². The molecule has 0 fully saturated rings. The monoisotopic (exact) mass is 408 g/mol. The summed E-state index contributed by atoms with van der Waals surface area (Å²) in [7, 11) is 0. The van der Waals surface area contributed by atoms with Crippen molar-refractivity contribution in [2.45, 2.75) is 6.92 Å². The lowest BCUT2D eigenvalue weighted by Gasteiger charge is -2.13.